The largest absolute Gasteiger partial charge is 0.307 e. The van der Waals surface area contributed by atoms with Crippen LogP contribution in [-0.2, 0) is 6.42 Å². The molecule has 1 unspecified atom stereocenters. The molecule has 2 rings (SSSR count). The van der Waals surface area contributed by atoms with Crippen LogP contribution in [0, 0.1) is 19.7 Å². The van der Waals surface area contributed by atoms with Crippen molar-refractivity contribution in [3.05, 3.63) is 50.7 Å². The molecule has 1 aromatic heterocycles. The predicted molar refractivity (Wildman–Crippen MR) is 78.3 cm³/mol. The lowest BCUT2D eigenvalue weighted by Crippen LogP contribution is -2.18. The van der Waals surface area contributed by atoms with E-state index >= 15 is 0 Å². The van der Waals surface area contributed by atoms with Crippen LogP contribution in [0.4, 0.5) is 4.39 Å². The van der Waals surface area contributed by atoms with Crippen molar-refractivity contribution in [1.82, 2.24) is 10.3 Å². The first kappa shape index (κ1) is 14.2. The van der Waals surface area contributed by atoms with Crippen molar-refractivity contribution in [3.63, 3.8) is 0 Å². The number of benzene rings is 1. The Hall–Kier alpha value is -1.26. The summed E-state index contributed by atoms with van der Waals surface area (Å²) < 4.78 is 13.5. The van der Waals surface area contributed by atoms with Gasteiger partial charge in [-0.05, 0) is 50.6 Å². The Morgan fingerprint density at radius 3 is 2.68 bits per heavy atom. The molecular weight excluding hydrogens is 259 g/mol. The van der Waals surface area contributed by atoms with Crippen LogP contribution in [-0.4, -0.2) is 12.0 Å². The molecule has 0 radical (unpaired) electrons. The highest BCUT2D eigenvalue weighted by Gasteiger charge is 2.19. The maximum atomic E-state index is 13.5. The van der Waals surface area contributed by atoms with Gasteiger partial charge >= 0.3 is 0 Å². The molecule has 0 saturated heterocycles. The summed E-state index contributed by atoms with van der Waals surface area (Å²) in [5.74, 6) is -0.204. The van der Waals surface area contributed by atoms with Gasteiger partial charge in [0.2, 0.25) is 0 Å². The summed E-state index contributed by atoms with van der Waals surface area (Å²) >= 11 is 1.68. The van der Waals surface area contributed by atoms with E-state index in [2.05, 4.69) is 24.1 Å². The Morgan fingerprint density at radius 2 is 2.11 bits per heavy atom. The quantitative estimate of drug-likeness (QED) is 0.921. The Labute approximate surface area is 117 Å². The topological polar surface area (TPSA) is 24.9 Å². The summed E-state index contributed by atoms with van der Waals surface area (Å²) in [6, 6.07) is 4.87. The van der Waals surface area contributed by atoms with Crippen molar-refractivity contribution >= 4 is 11.3 Å². The van der Waals surface area contributed by atoms with Crippen molar-refractivity contribution in [2.24, 2.45) is 0 Å². The van der Waals surface area contributed by atoms with Crippen molar-refractivity contribution in [1.29, 1.82) is 0 Å². The highest BCUT2D eigenvalue weighted by Crippen LogP contribution is 2.30. The maximum Gasteiger partial charge on any atom is 0.123 e. The Kier molecular flexibility index (Phi) is 4.32. The summed E-state index contributed by atoms with van der Waals surface area (Å²) in [5, 5.41) is 4.25. The summed E-state index contributed by atoms with van der Waals surface area (Å²) in [6.45, 7) is 6.19. The lowest BCUT2D eigenvalue weighted by atomic mass is 10.0. The zero-order valence-electron chi connectivity index (χ0n) is 11.7. The van der Waals surface area contributed by atoms with E-state index in [0.29, 0.717) is 0 Å². The fourth-order valence-corrected chi connectivity index (χ4v) is 3.38. The standard InChI is InChI=1S/C15H19FN2S/c1-5-13-10(3)19-15(18-13)14(17-4)12-8-11(16)7-6-9(12)2/h6-8,14,17H,5H2,1-4H3. The molecule has 1 atom stereocenters. The second kappa shape index (κ2) is 5.80. The minimum absolute atomic E-state index is 0.0419. The number of thiazole rings is 1. The lowest BCUT2D eigenvalue weighted by molar-refractivity contribution is 0.614. The van der Waals surface area contributed by atoms with E-state index in [9.17, 15) is 4.39 Å². The van der Waals surface area contributed by atoms with E-state index in [0.717, 1.165) is 28.2 Å². The maximum absolute atomic E-state index is 13.5. The number of aromatic nitrogens is 1. The molecule has 19 heavy (non-hydrogen) atoms. The highest BCUT2D eigenvalue weighted by molar-refractivity contribution is 7.11. The molecule has 0 aliphatic rings. The van der Waals surface area contributed by atoms with Gasteiger partial charge in [0.1, 0.15) is 10.8 Å². The molecule has 2 nitrogen and oxygen atoms in total. The highest BCUT2D eigenvalue weighted by atomic mass is 32.1. The third-order valence-electron chi connectivity index (χ3n) is 3.33. The molecule has 0 saturated carbocycles. The van der Waals surface area contributed by atoms with Crippen LogP contribution >= 0.6 is 11.3 Å². The normalized spacial score (nSPS) is 12.7. The van der Waals surface area contributed by atoms with Crippen molar-refractivity contribution < 1.29 is 4.39 Å². The first-order valence-corrected chi connectivity index (χ1v) is 7.28. The number of hydrogen-bond acceptors (Lipinski definition) is 3. The van der Waals surface area contributed by atoms with Gasteiger partial charge in [-0.2, -0.15) is 0 Å². The minimum Gasteiger partial charge on any atom is -0.307 e. The molecule has 1 aromatic carbocycles. The molecule has 0 spiro atoms. The van der Waals surface area contributed by atoms with E-state index < -0.39 is 0 Å². The molecule has 1 heterocycles. The zero-order valence-corrected chi connectivity index (χ0v) is 12.6. The third-order valence-corrected chi connectivity index (χ3v) is 4.41. The number of hydrogen-bond donors (Lipinski definition) is 1. The average Bonchev–Trinajstić information content (AvgIpc) is 2.75. The van der Waals surface area contributed by atoms with Gasteiger partial charge in [0.15, 0.2) is 0 Å². The Morgan fingerprint density at radius 1 is 1.37 bits per heavy atom. The first-order chi connectivity index (χ1) is 9.06. The Balaban J connectivity index is 2.46. The van der Waals surface area contributed by atoms with Crippen LogP contribution in [0.2, 0.25) is 0 Å². The van der Waals surface area contributed by atoms with Gasteiger partial charge in [0.05, 0.1) is 11.7 Å². The fourth-order valence-electron chi connectivity index (χ4n) is 2.24. The van der Waals surface area contributed by atoms with Gasteiger partial charge in [-0.1, -0.05) is 13.0 Å². The molecule has 0 fully saturated rings. The summed E-state index contributed by atoms with van der Waals surface area (Å²) in [4.78, 5) is 5.92. The van der Waals surface area contributed by atoms with E-state index in [-0.39, 0.29) is 11.9 Å². The number of nitrogens with zero attached hydrogens (tertiary/aromatic N) is 1. The van der Waals surface area contributed by atoms with E-state index in [1.54, 1.807) is 17.4 Å². The van der Waals surface area contributed by atoms with Gasteiger partial charge in [-0.15, -0.1) is 11.3 Å². The van der Waals surface area contributed by atoms with Crippen LogP contribution in [0.15, 0.2) is 18.2 Å². The molecule has 102 valence electrons. The van der Waals surface area contributed by atoms with E-state index in [1.165, 1.54) is 10.9 Å². The van der Waals surface area contributed by atoms with E-state index in [1.807, 2.05) is 20.0 Å². The second-order valence-corrected chi connectivity index (χ2v) is 5.87. The molecule has 0 amide bonds. The van der Waals surface area contributed by atoms with Gasteiger partial charge in [-0.25, -0.2) is 9.37 Å². The monoisotopic (exact) mass is 278 g/mol. The smallest absolute Gasteiger partial charge is 0.123 e. The SMILES string of the molecule is CCc1nc(C(NC)c2cc(F)ccc2C)sc1C. The molecule has 0 aliphatic heterocycles. The number of halogens is 1. The van der Waals surface area contributed by atoms with Crippen molar-refractivity contribution in [3.8, 4) is 0 Å². The Bertz CT molecular complexity index is 578. The van der Waals surface area contributed by atoms with Gasteiger partial charge in [-0.3, -0.25) is 0 Å². The average molecular weight is 278 g/mol. The van der Waals surface area contributed by atoms with Crippen molar-refractivity contribution in [2.75, 3.05) is 7.05 Å². The van der Waals surface area contributed by atoms with Gasteiger partial charge < -0.3 is 5.32 Å². The lowest BCUT2D eigenvalue weighted by Gasteiger charge is -2.16. The minimum atomic E-state index is -0.204. The van der Waals surface area contributed by atoms with Gasteiger partial charge in [0.25, 0.3) is 0 Å². The molecule has 1 N–H and O–H groups in total. The van der Waals surface area contributed by atoms with Crippen LogP contribution < -0.4 is 5.32 Å². The fraction of sp³-hybridized carbons (Fsp3) is 0.400. The van der Waals surface area contributed by atoms with Crippen LogP contribution in [0.1, 0.15) is 39.7 Å². The molecule has 0 aliphatic carbocycles. The third kappa shape index (κ3) is 2.85. The van der Waals surface area contributed by atoms with Gasteiger partial charge in [0, 0.05) is 4.88 Å². The first-order valence-electron chi connectivity index (χ1n) is 6.46. The zero-order chi connectivity index (χ0) is 14.0. The summed E-state index contributed by atoms with van der Waals surface area (Å²) in [7, 11) is 1.89. The number of rotatable bonds is 4. The van der Waals surface area contributed by atoms with E-state index in [4.69, 9.17) is 0 Å². The van der Waals surface area contributed by atoms with Crippen LogP contribution in [0.25, 0.3) is 0 Å². The number of aryl methyl sites for hydroxylation is 3. The number of nitrogens with one attached hydrogen (secondary N) is 1. The van der Waals surface area contributed by atoms with Crippen molar-refractivity contribution in [2.45, 2.75) is 33.2 Å². The summed E-state index contributed by atoms with van der Waals surface area (Å²) in [6.07, 6.45) is 0.931. The molecular formula is C15H19FN2S. The second-order valence-electron chi connectivity index (χ2n) is 4.63. The van der Waals surface area contributed by atoms with Crippen LogP contribution in [0.3, 0.4) is 0 Å². The molecule has 0 bridgehead atoms. The molecule has 4 heteroatoms. The van der Waals surface area contributed by atoms with Crippen LogP contribution in [0.5, 0.6) is 0 Å². The predicted octanol–water partition coefficient (Wildman–Crippen LogP) is 3.77. The summed E-state index contributed by atoms with van der Waals surface area (Å²) in [5.41, 5.74) is 3.17. The molecule has 2 aromatic rings.